The predicted octanol–water partition coefficient (Wildman–Crippen LogP) is 1.24. The van der Waals surface area contributed by atoms with E-state index in [1.807, 2.05) is 27.9 Å². The molecule has 4 rings (SSSR count). The second-order valence-electron chi connectivity index (χ2n) is 5.21. The minimum Gasteiger partial charge on any atom is -0.336 e. The number of carbonyl (C=O) groups excluding carboxylic acids is 1. The fraction of sp³-hybridized carbons (Fsp3) is 0.286. The molecule has 0 bridgehead atoms. The number of benzene rings is 1. The number of nitrogens with zero attached hydrogens (tertiary/aromatic N) is 5. The summed E-state index contributed by atoms with van der Waals surface area (Å²) in [6, 6.07) is 7.56. The summed E-state index contributed by atoms with van der Waals surface area (Å²) in [7, 11) is 0. The molecule has 3 heterocycles. The van der Waals surface area contributed by atoms with Crippen LogP contribution in [0.4, 0.5) is 0 Å². The van der Waals surface area contributed by atoms with Crippen molar-refractivity contribution in [3.63, 3.8) is 0 Å². The third kappa shape index (κ3) is 2.06. The number of aromatic nitrogens is 5. The average molecular weight is 282 g/mol. The number of aromatic amines is 1. The third-order valence-corrected chi connectivity index (χ3v) is 3.91. The van der Waals surface area contributed by atoms with Crippen molar-refractivity contribution in [1.82, 2.24) is 30.1 Å². The van der Waals surface area contributed by atoms with Gasteiger partial charge in [-0.05, 0) is 30.7 Å². The number of hydrogen-bond acceptors (Lipinski definition) is 4. The molecule has 1 aromatic carbocycles. The van der Waals surface area contributed by atoms with Crippen molar-refractivity contribution in [3.8, 4) is 0 Å². The van der Waals surface area contributed by atoms with Crippen LogP contribution in [-0.2, 0) is 0 Å². The largest absolute Gasteiger partial charge is 0.336 e. The molecule has 7 nitrogen and oxygen atoms in total. The van der Waals surface area contributed by atoms with Gasteiger partial charge in [0.15, 0.2) is 0 Å². The Morgan fingerprint density at radius 3 is 3.05 bits per heavy atom. The normalized spacial score (nSPS) is 18.5. The lowest BCUT2D eigenvalue weighted by Gasteiger charge is -2.16. The van der Waals surface area contributed by atoms with Crippen molar-refractivity contribution < 1.29 is 4.79 Å². The monoisotopic (exact) mass is 282 g/mol. The van der Waals surface area contributed by atoms with Crippen LogP contribution in [0.5, 0.6) is 0 Å². The van der Waals surface area contributed by atoms with Gasteiger partial charge >= 0.3 is 0 Å². The van der Waals surface area contributed by atoms with Gasteiger partial charge in [-0.25, -0.2) is 0 Å². The molecule has 1 unspecified atom stereocenters. The standard InChI is InChI=1S/C14H14N6O/c21-14(10-2-3-12-13(8-10)17-18-16-12)19-7-4-11(9-19)20-6-1-5-15-20/h1-3,5-6,8,11H,4,7,9H2,(H,16,17,18). The Bertz CT molecular complexity index is 778. The first kappa shape index (κ1) is 12.1. The third-order valence-electron chi connectivity index (χ3n) is 3.91. The number of fused-ring (bicyclic) bond motifs is 1. The van der Waals surface area contributed by atoms with E-state index in [0.717, 1.165) is 18.5 Å². The zero-order chi connectivity index (χ0) is 14.2. The number of hydrogen-bond donors (Lipinski definition) is 1. The molecule has 1 saturated heterocycles. The lowest BCUT2D eigenvalue weighted by atomic mass is 10.2. The van der Waals surface area contributed by atoms with E-state index < -0.39 is 0 Å². The lowest BCUT2D eigenvalue weighted by molar-refractivity contribution is 0.0787. The van der Waals surface area contributed by atoms with E-state index >= 15 is 0 Å². The molecular formula is C14H14N6O. The molecule has 7 heteroatoms. The van der Waals surface area contributed by atoms with E-state index in [-0.39, 0.29) is 11.9 Å². The molecule has 0 radical (unpaired) electrons. The molecule has 0 spiro atoms. The molecule has 21 heavy (non-hydrogen) atoms. The molecule has 0 aliphatic carbocycles. The van der Waals surface area contributed by atoms with Gasteiger partial charge in [-0.1, -0.05) is 0 Å². The lowest BCUT2D eigenvalue weighted by Crippen LogP contribution is -2.29. The van der Waals surface area contributed by atoms with E-state index in [9.17, 15) is 4.79 Å². The number of likely N-dealkylation sites (tertiary alicyclic amines) is 1. The van der Waals surface area contributed by atoms with Crippen LogP contribution in [0.2, 0.25) is 0 Å². The minimum atomic E-state index is 0.0366. The highest BCUT2D eigenvalue weighted by molar-refractivity contribution is 5.97. The predicted molar refractivity (Wildman–Crippen MR) is 75.7 cm³/mol. The SMILES string of the molecule is O=C(c1ccc2n[nH]nc2c1)N1CCC(n2cccn2)C1. The van der Waals surface area contributed by atoms with Crippen molar-refractivity contribution in [2.75, 3.05) is 13.1 Å². The van der Waals surface area contributed by atoms with Crippen LogP contribution < -0.4 is 0 Å². The number of H-pyrrole nitrogens is 1. The fourth-order valence-electron chi connectivity index (χ4n) is 2.79. The summed E-state index contributed by atoms with van der Waals surface area (Å²) >= 11 is 0. The van der Waals surface area contributed by atoms with Crippen molar-refractivity contribution in [1.29, 1.82) is 0 Å². The van der Waals surface area contributed by atoms with Crippen LogP contribution in [0.3, 0.4) is 0 Å². The van der Waals surface area contributed by atoms with E-state index in [1.54, 1.807) is 18.3 Å². The maximum Gasteiger partial charge on any atom is 0.254 e. The van der Waals surface area contributed by atoms with E-state index in [0.29, 0.717) is 17.6 Å². The minimum absolute atomic E-state index is 0.0366. The molecule has 1 aliphatic rings. The van der Waals surface area contributed by atoms with Gasteiger partial charge in [0, 0.05) is 31.0 Å². The van der Waals surface area contributed by atoms with Crippen LogP contribution >= 0.6 is 0 Å². The van der Waals surface area contributed by atoms with Gasteiger partial charge in [0.05, 0.1) is 6.04 Å². The van der Waals surface area contributed by atoms with Crippen LogP contribution in [0.25, 0.3) is 11.0 Å². The number of rotatable bonds is 2. The Balaban J connectivity index is 1.55. The second kappa shape index (κ2) is 4.69. The van der Waals surface area contributed by atoms with Gasteiger partial charge in [0.2, 0.25) is 0 Å². The summed E-state index contributed by atoms with van der Waals surface area (Å²) in [4.78, 5) is 14.4. The first-order chi connectivity index (χ1) is 10.3. The Kier molecular flexibility index (Phi) is 2.70. The van der Waals surface area contributed by atoms with Crippen LogP contribution in [-0.4, -0.2) is 49.1 Å². The zero-order valence-electron chi connectivity index (χ0n) is 11.3. The molecule has 2 aromatic heterocycles. The smallest absolute Gasteiger partial charge is 0.254 e. The quantitative estimate of drug-likeness (QED) is 0.767. The maximum absolute atomic E-state index is 12.6. The van der Waals surface area contributed by atoms with Crippen LogP contribution in [0.1, 0.15) is 22.8 Å². The topological polar surface area (TPSA) is 79.7 Å². The summed E-state index contributed by atoms with van der Waals surface area (Å²) < 4.78 is 1.92. The first-order valence-corrected chi connectivity index (χ1v) is 6.90. The van der Waals surface area contributed by atoms with Gasteiger partial charge in [-0.2, -0.15) is 20.5 Å². The van der Waals surface area contributed by atoms with Crippen LogP contribution in [0.15, 0.2) is 36.7 Å². The molecule has 0 saturated carbocycles. The van der Waals surface area contributed by atoms with Gasteiger partial charge in [0.1, 0.15) is 11.0 Å². The number of amides is 1. The van der Waals surface area contributed by atoms with Gasteiger partial charge in [0.25, 0.3) is 5.91 Å². The van der Waals surface area contributed by atoms with Crippen molar-refractivity contribution in [2.24, 2.45) is 0 Å². The fourth-order valence-corrected chi connectivity index (χ4v) is 2.79. The molecule has 1 atom stereocenters. The highest BCUT2D eigenvalue weighted by Crippen LogP contribution is 2.23. The van der Waals surface area contributed by atoms with Gasteiger partial charge in [-0.3, -0.25) is 9.48 Å². The van der Waals surface area contributed by atoms with Gasteiger partial charge in [-0.15, -0.1) is 0 Å². The van der Waals surface area contributed by atoms with Crippen molar-refractivity contribution in [3.05, 3.63) is 42.2 Å². The summed E-state index contributed by atoms with van der Waals surface area (Å²) in [6.07, 6.45) is 4.64. The summed E-state index contributed by atoms with van der Waals surface area (Å²) in [5.74, 6) is 0.0366. The molecule has 1 aliphatic heterocycles. The Labute approximate surface area is 120 Å². The van der Waals surface area contributed by atoms with Crippen molar-refractivity contribution in [2.45, 2.75) is 12.5 Å². The Morgan fingerprint density at radius 1 is 1.29 bits per heavy atom. The maximum atomic E-state index is 12.6. The molecule has 106 valence electrons. The molecule has 1 N–H and O–H groups in total. The van der Waals surface area contributed by atoms with E-state index in [4.69, 9.17) is 0 Å². The van der Waals surface area contributed by atoms with Gasteiger partial charge < -0.3 is 4.90 Å². The first-order valence-electron chi connectivity index (χ1n) is 6.90. The summed E-state index contributed by atoms with van der Waals surface area (Å²) in [6.45, 7) is 1.44. The molecular weight excluding hydrogens is 268 g/mol. The number of carbonyl (C=O) groups is 1. The summed E-state index contributed by atoms with van der Waals surface area (Å²) in [5.41, 5.74) is 2.13. The average Bonchev–Trinajstić information content (AvgIpc) is 3.24. The highest BCUT2D eigenvalue weighted by atomic mass is 16.2. The molecule has 1 fully saturated rings. The molecule has 3 aromatic rings. The highest BCUT2D eigenvalue weighted by Gasteiger charge is 2.28. The van der Waals surface area contributed by atoms with Crippen LogP contribution in [0, 0.1) is 0 Å². The van der Waals surface area contributed by atoms with Crippen molar-refractivity contribution >= 4 is 16.9 Å². The Hall–Kier alpha value is -2.70. The van der Waals surface area contributed by atoms with E-state index in [2.05, 4.69) is 20.5 Å². The summed E-state index contributed by atoms with van der Waals surface area (Å²) in [5, 5.41) is 14.8. The molecule has 1 amide bonds. The zero-order valence-corrected chi connectivity index (χ0v) is 11.3. The Morgan fingerprint density at radius 2 is 2.19 bits per heavy atom. The van der Waals surface area contributed by atoms with E-state index in [1.165, 1.54) is 0 Å². The second-order valence-corrected chi connectivity index (χ2v) is 5.21. The number of nitrogens with one attached hydrogen (secondary N) is 1.